The number of aliphatic carboxylic acids is 1. The van der Waals surface area contributed by atoms with Crippen LogP contribution in [0, 0.1) is 0 Å². The number of amides is 2. The lowest BCUT2D eigenvalue weighted by Gasteiger charge is -2.18. The fourth-order valence-electron chi connectivity index (χ4n) is 1.92. The van der Waals surface area contributed by atoms with Gasteiger partial charge < -0.3 is 15.7 Å². The van der Waals surface area contributed by atoms with Crippen molar-refractivity contribution >= 4 is 12.0 Å². The van der Waals surface area contributed by atoms with Crippen molar-refractivity contribution < 1.29 is 14.7 Å². The van der Waals surface area contributed by atoms with Gasteiger partial charge in [-0.2, -0.15) is 0 Å². The van der Waals surface area contributed by atoms with E-state index in [1.54, 1.807) is 6.92 Å². The topological polar surface area (TPSA) is 78.4 Å². The van der Waals surface area contributed by atoms with Crippen LogP contribution in [0.15, 0.2) is 30.3 Å². The first-order valence-corrected chi connectivity index (χ1v) is 6.80. The fourth-order valence-corrected chi connectivity index (χ4v) is 1.92. The highest BCUT2D eigenvalue weighted by Crippen LogP contribution is 2.03. The molecule has 2 unspecified atom stereocenters. The third-order valence-electron chi connectivity index (χ3n) is 2.93. The number of nitrogens with one attached hydrogen (secondary N) is 2. The zero-order valence-electron chi connectivity index (χ0n) is 11.9. The summed E-state index contributed by atoms with van der Waals surface area (Å²) in [6.45, 7) is 3.73. The van der Waals surface area contributed by atoms with Crippen LogP contribution in [0.3, 0.4) is 0 Å². The van der Waals surface area contributed by atoms with E-state index in [2.05, 4.69) is 10.6 Å². The van der Waals surface area contributed by atoms with Gasteiger partial charge in [0.05, 0.1) is 0 Å². The molecule has 1 aromatic carbocycles. The van der Waals surface area contributed by atoms with E-state index in [-0.39, 0.29) is 24.5 Å². The summed E-state index contributed by atoms with van der Waals surface area (Å²) in [6.07, 6.45) is 1.24. The maximum absolute atomic E-state index is 11.7. The number of hydrogen-bond acceptors (Lipinski definition) is 2. The highest BCUT2D eigenvalue weighted by atomic mass is 16.4. The summed E-state index contributed by atoms with van der Waals surface area (Å²) >= 11 is 0. The molecule has 1 aromatic rings. The highest BCUT2D eigenvalue weighted by Gasteiger charge is 2.11. The van der Waals surface area contributed by atoms with Gasteiger partial charge in [0.2, 0.25) is 0 Å². The Morgan fingerprint density at radius 3 is 2.30 bits per heavy atom. The molecular weight excluding hydrogens is 256 g/mol. The molecule has 0 aliphatic rings. The Balaban J connectivity index is 2.29. The SMILES string of the molecule is CC(CCC(=O)O)NC(=O)NC(C)Cc1ccccc1. The van der Waals surface area contributed by atoms with Crippen LogP contribution in [0.25, 0.3) is 0 Å². The first-order chi connectivity index (χ1) is 9.47. The molecule has 0 spiro atoms. The number of rotatable bonds is 7. The minimum Gasteiger partial charge on any atom is -0.481 e. The summed E-state index contributed by atoms with van der Waals surface area (Å²) in [5.41, 5.74) is 1.17. The molecule has 0 aromatic heterocycles. The molecule has 0 aliphatic heterocycles. The summed E-state index contributed by atoms with van der Waals surface area (Å²) in [4.78, 5) is 22.2. The zero-order valence-corrected chi connectivity index (χ0v) is 11.9. The number of benzene rings is 1. The van der Waals surface area contributed by atoms with Crippen LogP contribution >= 0.6 is 0 Å². The lowest BCUT2D eigenvalue weighted by atomic mass is 10.1. The largest absolute Gasteiger partial charge is 0.481 e. The Hall–Kier alpha value is -2.04. The van der Waals surface area contributed by atoms with Crippen LogP contribution in [0.1, 0.15) is 32.3 Å². The Labute approximate surface area is 119 Å². The van der Waals surface area contributed by atoms with Crippen molar-refractivity contribution in [3.05, 3.63) is 35.9 Å². The van der Waals surface area contributed by atoms with E-state index in [0.717, 1.165) is 6.42 Å². The minimum absolute atomic E-state index is 0.0177. The summed E-state index contributed by atoms with van der Waals surface area (Å²) in [6, 6.07) is 9.53. The molecule has 0 saturated carbocycles. The molecule has 0 radical (unpaired) electrons. The van der Waals surface area contributed by atoms with Crippen LogP contribution < -0.4 is 10.6 Å². The zero-order chi connectivity index (χ0) is 15.0. The highest BCUT2D eigenvalue weighted by molar-refractivity contribution is 5.74. The van der Waals surface area contributed by atoms with E-state index in [9.17, 15) is 9.59 Å². The van der Waals surface area contributed by atoms with Gasteiger partial charge in [0.25, 0.3) is 0 Å². The maximum atomic E-state index is 11.7. The van der Waals surface area contributed by atoms with Gasteiger partial charge in [-0.3, -0.25) is 4.79 Å². The number of carboxylic acids is 1. The van der Waals surface area contributed by atoms with Gasteiger partial charge >= 0.3 is 12.0 Å². The molecule has 0 bridgehead atoms. The molecular formula is C15H22N2O3. The van der Waals surface area contributed by atoms with Gasteiger partial charge in [-0.1, -0.05) is 30.3 Å². The Kier molecular flexibility index (Phi) is 6.56. The van der Waals surface area contributed by atoms with Crippen LogP contribution in [0.2, 0.25) is 0 Å². The second-order valence-corrected chi connectivity index (χ2v) is 5.04. The van der Waals surface area contributed by atoms with Gasteiger partial charge in [0, 0.05) is 18.5 Å². The second kappa shape index (κ2) is 8.19. The molecule has 110 valence electrons. The number of carboxylic acid groups (broad SMARTS) is 1. The molecule has 0 aliphatic carbocycles. The number of carbonyl (C=O) groups excluding carboxylic acids is 1. The fraction of sp³-hybridized carbons (Fsp3) is 0.467. The van der Waals surface area contributed by atoms with Gasteiger partial charge in [0.15, 0.2) is 0 Å². The first kappa shape index (κ1) is 16.0. The molecule has 0 saturated heterocycles. The van der Waals surface area contributed by atoms with Crippen LogP contribution in [0.5, 0.6) is 0 Å². The average molecular weight is 278 g/mol. The van der Waals surface area contributed by atoms with Crippen molar-refractivity contribution in [1.29, 1.82) is 0 Å². The van der Waals surface area contributed by atoms with Crippen LogP contribution in [0.4, 0.5) is 4.79 Å². The molecule has 2 atom stereocenters. The Bertz CT molecular complexity index is 434. The first-order valence-electron chi connectivity index (χ1n) is 6.80. The summed E-state index contributed by atoms with van der Waals surface area (Å²) < 4.78 is 0. The molecule has 5 nitrogen and oxygen atoms in total. The predicted molar refractivity (Wildman–Crippen MR) is 77.6 cm³/mol. The third kappa shape index (κ3) is 6.78. The summed E-state index contributed by atoms with van der Waals surface area (Å²) in [5.74, 6) is -0.850. The molecule has 2 amide bonds. The van der Waals surface area contributed by atoms with Crippen LogP contribution in [-0.2, 0) is 11.2 Å². The quantitative estimate of drug-likeness (QED) is 0.715. The normalized spacial score (nSPS) is 13.3. The van der Waals surface area contributed by atoms with Gasteiger partial charge in [-0.05, 0) is 32.3 Å². The lowest BCUT2D eigenvalue weighted by molar-refractivity contribution is -0.137. The standard InChI is InChI=1S/C15H22N2O3/c1-11(8-9-14(18)19)16-15(20)17-12(2)10-13-6-4-3-5-7-13/h3-7,11-12H,8-10H2,1-2H3,(H,18,19)(H2,16,17,20). The monoisotopic (exact) mass is 278 g/mol. The Morgan fingerprint density at radius 1 is 1.10 bits per heavy atom. The number of urea groups is 1. The minimum atomic E-state index is -0.850. The van der Waals surface area contributed by atoms with Gasteiger partial charge in [-0.25, -0.2) is 4.79 Å². The predicted octanol–water partition coefficient (Wildman–Crippen LogP) is 2.17. The summed E-state index contributed by atoms with van der Waals surface area (Å²) in [7, 11) is 0. The van der Waals surface area contributed by atoms with Crippen molar-refractivity contribution in [2.75, 3.05) is 0 Å². The molecule has 0 heterocycles. The maximum Gasteiger partial charge on any atom is 0.315 e. The Morgan fingerprint density at radius 2 is 1.70 bits per heavy atom. The molecule has 20 heavy (non-hydrogen) atoms. The van der Waals surface area contributed by atoms with Gasteiger partial charge in [0.1, 0.15) is 0 Å². The lowest BCUT2D eigenvalue weighted by Crippen LogP contribution is -2.45. The average Bonchev–Trinajstić information content (AvgIpc) is 2.37. The van der Waals surface area contributed by atoms with Crippen LogP contribution in [-0.4, -0.2) is 29.2 Å². The molecule has 0 fully saturated rings. The van der Waals surface area contributed by atoms with E-state index >= 15 is 0 Å². The van der Waals surface area contributed by atoms with Crippen molar-refractivity contribution in [3.63, 3.8) is 0 Å². The van der Waals surface area contributed by atoms with Gasteiger partial charge in [-0.15, -0.1) is 0 Å². The van der Waals surface area contributed by atoms with E-state index in [1.807, 2.05) is 37.3 Å². The second-order valence-electron chi connectivity index (χ2n) is 5.04. The van der Waals surface area contributed by atoms with E-state index in [1.165, 1.54) is 5.56 Å². The van der Waals surface area contributed by atoms with E-state index in [0.29, 0.717) is 6.42 Å². The molecule has 5 heteroatoms. The van der Waals surface area contributed by atoms with E-state index < -0.39 is 5.97 Å². The number of hydrogen-bond donors (Lipinski definition) is 3. The van der Waals surface area contributed by atoms with E-state index in [4.69, 9.17) is 5.11 Å². The summed E-state index contributed by atoms with van der Waals surface area (Å²) in [5, 5.41) is 14.2. The molecule has 1 rings (SSSR count). The van der Waals surface area contributed by atoms with Crippen molar-refractivity contribution in [1.82, 2.24) is 10.6 Å². The van der Waals surface area contributed by atoms with Crippen molar-refractivity contribution in [3.8, 4) is 0 Å². The van der Waals surface area contributed by atoms with Crippen molar-refractivity contribution in [2.45, 2.75) is 45.2 Å². The third-order valence-corrected chi connectivity index (χ3v) is 2.93. The van der Waals surface area contributed by atoms with Crippen molar-refractivity contribution in [2.24, 2.45) is 0 Å². The number of carbonyl (C=O) groups is 2. The smallest absolute Gasteiger partial charge is 0.315 e. The molecule has 3 N–H and O–H groups in total.